The van der Waals surface area contributed by atoms with Crippen LogP contribution < -0.4 is 25.0 Å². The highest BCUT2D eigenvalue weighted by Gasteiger charge is 2.26. The normalized spacial score (nSPS) is 14.8. The molecule has 1 aromatic heterocycles. The molecule has 9 heteroatoms. The molecule has 0 aliphatic heterocycles. The van der Waals surface area contributed by atoms with Crippen LogP contribution in [0.4, 0.5) is 17.5 Å². The number of hydrogen-bond acceptors (Lipinski definition) is 7. The summed E-state index contributed by atoms with van der Waals surface area (Å²) in [5.74, 6) is 2.18. The summed E-state index contributed by atoms with van der Waals surface area (Å²) in [5, 5.41) is 5.43. The lowest BCUT2D eigenvalue weighted by molar-refractivity contribution is -0.115. The van der Waals surface area contributed by atoms with Gasteiger partial charge in [0.15, 0.2) is 0 Å². The first kappa shape index (κ1) is 24.3. The van der Waals surface area contributed by atoms with E-state index in [1.165, 1.54) is 13.8 Å². The van der Waals surface area contributed by atoms with Gasteiger partial charge in [-0.15, -0.1) is 0 Å². The van der Waals surface area contributed by atoms with Crippen molar-refractivity contribution >= 4 is 29.3 Å². The molecule has 2 aromatic rings. The lowest BCUT2D eigenvalue weighted by Gasteiger charge is -2.31. The van der Waals surface area contributed by atoms with Gasteiger partial charge in [0.1, 0.15) is 17.3 Å². The second-order valence-corrected chi connectivity index (χ2v) is 8.17. The molecular formula is C24H33N5O4. The molecule has 1 unspecified atom stereocenters. The van der Waals surface area contributed by atoms with Gasteiger partial charge in [-0.2, -0.15) is 4.98 Å². The lowest BCUT2D eigenvalue weighted by Crippen LogP contribution is -2.31. The van der Waals surface area contributed by atoms with Crippen molar-refractivity contribution in [2.45, 2.75) is 47.0 Å². The summed E-state index contributed by atoms with van der Waals surface area (Å²) in [6, 6.07) is 5.88. The van der Waals surface area contributed by atoms with Gasteiger partial charge in [-0.1, -0.05) is 0 Å². The van der Waals surface area contributed by atoms with Crippen LogP contribution in [0.15, 0.2) is 18.2 Å². The molecule has 1 heterocycles. The zero-order valence-corrected chi connectivity index (χ0v) is 20.0. The Morgan fingerprint density at radius 3 is 2.48 bits per heavy atom. The number of carbonyl (C=O) groups excluding carboxylic acids is 2. The van der Waals surface area contributed by atoms with E-state index in [-0.39, 0.29) is 17.8 Å². The molecule has 33 heavy (non-hydrogen) atoms. The minimum Gasteiger partial charge on any atom is -0.494 e. The van der Waals surface area contributed by atoms with Crippen LogP contribution in [-0.2, 0) is 22.4 Å². The molecular weight excluding hydrogens is 422 g/mol. The molecule has 178 valence electrons. The Balaban J connectivity index is 1.82. The molecule has 1 aliphatic carbocycles. The first-order chi connectivity index (χ1) is 15.8. The van der Waals surface area contributed by atoms with Crippen molar-refractivity contribution in [3.63, 3.8) is 0 Å². The zero-order chi connectivity index (χ0) is 24.0. The maximum Gasteiger partial charge on any atom is 0.231 e. The van der Waals surface area contributed by atoms with Gasteiger partial charge >= 0.3 is 0 Å². The number of hydrogen-bond donors (Lipinski definition) is 2. The number of nitrogens with one attached hydrogen (secondary N) is 2. The van der Waals surface area contributed by atoms with E-state index in [0.29, 0.717) is 24.9 Å². The average Bonchev–Trinajstić information content (AvgIpc) is 2.74. The fraction of sp³-hybridized carbons (Fsp3) is 0.500. The summed E-state index contributed by atoms with van der Waals surface area (Å²) in [6.45, 7) is 8.76. The molecule has 0 radical (unpaired) electrons. The van der Waals surface area contributed by atoms with Crippen LogP contribution in [0.2, 0.25) is 0 Å². The molecule has 9 nitrogen and oxygen atoms in total. The van der Waals surface area contributed by atoms with Crippen LogP contribution in [-0.4, -0.2) is 48.6 Å². The smallest absolute Gasteiger partial charge is 0.231 e. The molecule has 0 saturated heterocycles. The fourth-order valence-corrected chi connectivity index (χ4v) is 4.14. The summed E-state index contributed by atoms with van der Waals surface area (Å²) >= 11 is 0. The van der Waals surface area contributed by atoms with E-state index >= 15 is 0 Å². The van der Waals surface area contributed by atoms with Gasteiger partial charge in [0.05, 0.1) is 24.6 Å². The van der Waals surface area contributed by atoms with E-state index in [1.807, 2.05) is 39.1 Å². The number of nitrogens with zero attached hydrogens (tertiary/aromatic N) is 3. The second kappa shape index (κ2) is 11.0. The fourth-order valence-electron chi connectivity index (χ4n) is 4.14. The Labute approximate surface area is 194 Å². The maximum atomic E-state index is 11.8. The molecule has 0 saturated carbocycles. The van der Waals surface area contributed by atoms with Gasteiger partial charge in [-0.3, -0.25) is 14.9 Å². The van der Waals surface area contributed by atoms with Crippen molar-refractivity contribution < 1.29 is 19.1 Å². The summed E-state index contributed by atoms with van der Waals surface area (Å²) in [7, 11) is 2.05. The number of ether oxygens (including phenoxy) is 2. The van der Waals surface area contributed by atoms with Gasteiger partial charge in [-0.05, 0) is 51.2 Å². The van der Waals surface area contributed by atoms with Crippen LogP contribution in [0.3, 0.4) is 0 Å². The Hall–Kier alpha value is -3.36. The van der Waals surface area contributed by atoms with Crippen LogP contribution in [0.25, 0.3) is 0 Å². The molecule has 1 aromatic carbocycles. The summed E-state index contributed by atoms with van der Waals surface area (Å²) in [6.07, 6.45) is 2.40. The van der Waals surface area contributed by atoms with E-state index in [2.05, 4.69) is 25.5 Å². The number of carbonyl (C=O) groups is 2. The molecule has 0 spiro atoms. The molecule has 1 aliphatic rings. The van der Waals surface area contributed by atoms with Gasteiger partial charge in [0, 0.05) is 39.1 Å². The summed E-state index contributed by atoms with van der Waals surface area (Å²) in [4.78, 5) is 34.3. The number of amides is 2. The first-order valence-electron chi connectivity index (χ1n) is 11.4. The number of aryl methyl sites for hydroxylation is 1. The van der Waals surface area contributed by atoms with Crippen LogP contribution in [0.1, 0.15) is 45.4 Å². The monoisotopic (exact) mass is 455 g/mol. The SMILES string of the molecule is CCOc1ccc(OCC)c(N(C)CC2CCc3nc(NC(C)=O)nc(NC(C)=O)c3C2)c1. The molecule has 3 rings (SSSR count). The molecule has 0 fully saturated rings. The highest BCUT2D eigenvalue weighted by Crippen LogP contribution is 2.35. The number of benzene rings is 1. The minimum absolute atomic E-state index is 0.210. The van der Waals surface area contributed by atoms with Gasteiger partial charge in [0.25, 0.3) is 0 Å². The molecule has 1 atom stereocenters. The summed E-state index contributed by atoms with van der Waals surface area (Å²) in [5.41, 5.74) is 2.77. The average molecular weight is 456 g/mol. The van der Waals surface area contributed by atoms with E-state index in [4.69, 9.17) is 9.47 Å². The predicted molar refractivity (Wildman–Crippen MR) is 128 cm³/mol. The van der Waals surface area contributed by atoms with Crippen molar-refractivity contribution in [3.05, 3.63) is 29.5 Å². The third kappa shape index (κ3) is 6.34. The van der Waals surface area contributed by atoms with E-state index in [9.17, 15) is 9.59 Å². The Morgan fingerprint density at radius 1 is 1.09 bits per heavy atom. The van der Waals surface area contributed by atoms with Gasteiger partial charge < -0.3 is 19.7 Å². The van der Waals surface area contributed by atoms with Crippen LogP contribution >= 0.6 is 0 Å². The van der Waals surface area contributed by atoms with Crippen LogP contribution in [0, 0.1) is 5.92 Å². The molecule has 0 bridgehead atoms. The number of aromatic nitrogens is 2. The lowest BCUT2D eigenvalue weighted by atomic mass is 9.86. The first-order valence-corrected chi connectivity index (χ1v) is 11.4. The van der Waals surface area contributed by atoms with E-state index in [1.54, 1.807) is 0 Å². The summed E-state index contributed by atoms with van der Waals surface area (Å²) < 4.78 is 11.5. The van der Waals surface area contributed by atoms with Crippen molar-refractivity contribution in [2.75, 3.05) is 42.3 Å². The largest absolute Gasteiger partial charge is 0.494 e. The second-order valence-electron chi connectivity index (χ2n) is 8.17. The van der Waals surface area contributed by atoms with Crippen molar-refractivity contribution in [2.24, 2.45) is 5.92 Å². The zero-order valence-electron chi connectivity index (χ0n) is 20.0. The number of fused-ring (bicyclic) bond motifs is 1. The highest BCUT2D eigenvalue weighted by molar-refractivity contribution is 5.90. The van der Waals surface area contributed by atoms with Crippen molar-refractivity contribution in [1.82, 2.24) is 9.97 Å². The predicted octanol–water partition coefficient (Wildman–Crippen LogP) is 3.43. The van der Waals surface area contributed by atoms with E-state index in [0.717, 1.165) is 54.3 Å². The third-order valence-electron chi connectivity index (χ3n) is 5.44. The van der Waals surface area contributed by atoms with Gasteiger partial charge in [0.2, 0.25) is 17.8 Å². The Morgan fingerprint density at radius 2 is 1.82 bits per heavy atom. The van der Waals surface area contributed by atoms with E-state index < -0.39 is 0 Å². The number of anilines is 3. The Kier molecular flexibility index (Phi) is 8.08. The quantitative estimate of drug-likeness (QED) is 0.597. The minimum atomic E-state index is -0.251. The molecule has 2 N–H and O–H groups in total. The standard InChI is InChI=1S/C24H33N5O4/c1-6-32-18-9-11-22(33-7-2)21(13-18)29(5)14-17-8-10-20-19(12-17)23(25-15(3)30)28-24(27-20)26-16(4)31/h9,11,13,17H,6-8,10,12,14H2,1-5H3,(H2,25,26,27,28,30,31). The van der Waals surface area contributed by atoms with Crippen molar-refractivity contribution in [1.29, 1.82) is 0 Å². The molecule has 2 amide bonds. The van der Waals surface area contributed by atoms with Crippen LogP contribution in [0.5, 0.6) is 11.5 Å². The van der Waals surface area contributed by atoms with Gasteiger partial charge in [-0.25, -0.2) is 4.98 Å². The Bertz CT molecular complexity index is 1010. The van der Waals surface area contributed by atoms with Crippen molar-refractivity contribution in [3.8, 4) is 11.5 Å². The number of rotatable bonds is 9. The topological polar surface area (TPSA) is 106 Å². The maximum absolute atomic E-state index is 11.8. The third-order valence-corrected chi connectivity index (χ3v) is 5.44. The highest BCUT2D eigenvalue weighted by atomic mass is 16.5.